The van der Waals surface area contributed by atoms with Gasteiger partial charge in [0.25, 0.3) is 0 Å². The maximum absolute atomic E-state index is 9.13. The highest BCUT2D eigenvalue weighted by Gasteiger charge is 1.98. The zero-order valence-electron chi connectivity index (χ0n) is 10.1. The van der Waals surface area contributed by atoms with Gasteiger partial charge < -0.3 is 10.4 Å². The maximum atomic E-state index is 9.13. The highest BCUT2D eigenvalue weighted by atomic mass is 16.3. The van der Waals surface area contributed by atoms with Crippen LogP contribution < -0.4 is 5.32 Å². The number of aryl methyl sites for hydroxylation is 2. The molecule has 2 N–H and O–H groups in total. The van der Waals surface area contributed by atoms with E-state index in [2.05, 4.69) is 42.3 Å². The van der Waals surface area contributed by atoms with Crippen LogP contribution in [0.4, 0.5) is 5.69 Å². The Balaban J connectivity index is 2.02. The molecule has 1 aromatic heterocycles. The van der Waals surface area contributed by atoms with Crippen LogP contribution >= 0.6 is 0 Å². The van der Waals surface area contributed by atoms with E-state index in [0.717, 1.165) is 11.4 Å². The van der Waals surface area contributed by atoms with E-state index < -0.39 is 0 Å². The minimum Gasteiger partial charge on any atom is -0.506 e. The van der Waals surface area contributed by atoms with Crippen LogP contribution in [0.1, 0.15) is 16.8 Å². The van der Waals surface area contributed by atoms with Gasteiger partial charge in [0.1, 0.15) is 5.75 Å². The molecule has 3 heteroatoms. The Hall–Kier alpha value is -2.03. The fourth-order valence-corrected chi connectivity index (χ4v) is 1.57. The molecule has 2 rings (SSSR count). The van der Waals surface area contributed by atoms with Gasteiger partial charge in [-0.25, -0.2) is 0 Å². The lowest BCUT2D eigenvalue weighted by Crippen LogP contribution is -2.01. The summed E-state index contributed by atoms with van der Waals surface area (Å²) in [6.07, 6.45) is 1.46. The Labute approximate surface area is 101 Å². The van der Waals surface area contributed by atoms with Crippen molar-refractivity contribution in [2.24, 2.45) is 0 Å². The molecule has 0 aliphatic heterocycles. The Kier molecular flexibility index (Phi) is 3.28. The summed E-state index contributed by atoms with van der Waals surface area (Å²) in [7, 11) is 0. The number of pyridine rings is 1. The monoisotopic (exact) mass is 228 g/mol. The molecular formula is C14H16N2O. The van der Waals surface area contributed by atoms with Gasteiger partial charge in [-0.2, -0.15) is 0 Å². The van der Waals surface area contributed by atoms with E-state index in [0.29, 0.717) is 6.54 Å². The lowest BCUT2D eigenvalue weighted by Gasteiger charge is -2.08. The first-order chi connectivity index (χ1) is 8.15. The largest absolute Gasteiger partial charge is 0.506 e. The highest BCUT2D eigenvalue weighted by Crippen LogP contribution is 2.15. The van der Waals surface area contributed by atoms with Gasteiger partial charge in [-0.05, 0) is 49.2 Å². The molecule has 0 aliphatic rings. The Morgan fingerprint density at radius 1 is 1.12 bits per heavy atom. The number of aromatic hydroxyl groups is 1. The first kappa shape index (κ1) is 11.5. The van der Waals surface area contributed by atoms with Crippen molar-refractivity contribution in [1.29, 1.82) is 0 Å². The summed E-state index contributed by atoms with van der Waals surface area (Å²) >= 11 is 0. The summed E-state index contributed by atoms with van der Waals surface area (Å²) in [5, 5.41) is 12.4. The van der Waals surface area contributed by atoms with Crippen molar-refractivity contribution in [1.82, 2.24) is 4.98 Å². The fourth-order valence-electron chi connectivity index (χ4n) is 1.57. The smallest absolute Gasteiger partial charge is 0.133 e. The molecule has 0 unspecified atom stereocenters. The van der Waals surface area contributed by atoms with E-state index in [-0.39, 0.29) is 5.75 Å². The molecule has 17 heavy (non-hydrogen) atoms. The third-order valence-corrected chi connectivity index (χ3v) is 2.79. The third-order valence-electron chi connectivity index (χ3n) is 2.79. The molecule has 0 saturated carbocycles. The molecule has 88 valence electrons. The zero-order valence-corrected chi connectivity index (χ0v) is 10.1. The van der Waals surface area contributed by atoms with Crippen molar-refractivity contribution >= 4 is 5.69 Å². The van der Waals surface area contributed by atoms with E-state index >= 15 is 0 Å². The van der Waals surface area contributed by atoms with Gasteiger partial charge in [0, 0.05) is 5.69 Å². The highest BCUT2D eigenvalue weighted by molar-refractivity contribution is 5.48. The lowest BCUT2D eigenvalue weighted by atomic mass is 10.1. The lowest BCUT2D eigenvalue weighted by molar-refractivity contribution is 0.472. The molecule has 0 fully saturated rings. The summed E-state index contributed by atoms with van der Waals surface area (Å²) in [4.78, 5) is 4.12. The number of benzene rings is 1. The molecule has 0 amide bonds. The number of hydrogen-bond donors (Lipinski definition) is 2. The third kappa shape index (κ3) is 2.97. The van der Waals surface area contributed by atoms with Crippen molar-refractivity contribution in [2.75, 3.05) is 5.32 Å². The van der Waals surface area contributed by atoms with Crippen LogP contribution in [0.15, 0.2) is 36.5 Å². The maximum Gasteiger partial charge on any atom is 0.133 e. The molecule has 0 saturated heterocycles. The Morgan fingerprint density at radius 2 is 1.94 bits per heavy atom. The molecule has 0 aliphatic carbocycles. The molecule has 1 heterocycles. The quantitative estimate of drug-likeness (QED) is 0.848. The van der Waals surface area contributed by atoms with E-state index in [9.17, 15) is 0 Å². The topological polar surface area (TPSA) is 45.1 Å². The summed E-state index contributed by atoms with van der Waals surface area (Å²) < 4.78 is 0. The van der Waals surface area contributed by atoms with Crippen LogP contribution in [0.5, 0.6) is 5.75 Å². The van der Waals surface area contributed by atoms with Gasteiger partial charge in [-0.1, -0.05) is 6.07 Å². The minimum atomic E-state index is 0.194. The average molecular weight is 228 g/mol. The number of nitrogens with one attached hydrogen (secondary N) is 1. The summed E-state index contributed by atoms with van der Waals surface area (Å²) in [5.41, 5.74) is 4.55. The van der Waals surface area contributed by atoms with E-state index in [1.54, 1.807) is 6.07 Å². The normalized spacial score (nSPS) is 10.2. The second-order valence-electron chi connectivity index (χ2n) is 4.16. The second-order valence-corrected chi connectivity index (χ2v) is 4.16. The van der Waals surface area contributed by atoms with Gasteiger partial charge in [-0.15, -0.1) is 0 Å². The molecule has 3 nitrogen and oxygen atoms in total. The zero-order chi connectivity index (χ0) is 12.3. The van der Waals surface area contributed by atoms with Crippen LogP contribution in [0.3, 0.4) is 0 Å². The first-order valence-electron chi connectivity index (χ1n) is 5.60. The van der Waals surface area contributed by atoms with Gasteiger partial charge in [0.05, 0.1) is 18.4 Å². The predicted molar refractivity (Wildman–Crippen MR) is 69.1 cm³/mol. The van der Waals surface area contributed by atoms with Crippen molar-refractivity contribution in [2.45, 2.75) is 20.4 Å². The van der Waals surface area contributed by atoms with Crippen LogP contribution in [0.25, 0.3) is 0 Å². The van der Waals surface area contributed by atoms with Crippen molar-refractivity contribution in [3.63, 3.8) is 0 Å². The molecule has 0 radical (unpaired) electrons. The molecular weight excluding hydrogens is 212 g/mol. The number of aromatic nitrogens is 1. The first-order valence-corrected chi connectivity index (χ1v) is 5.60. The second kappa shape index (κ2) is 4.87. The molecule has 0 atom stereocenters. The summed E-state index contributed by atoms with van der Waals surface area (Å²) in [5.74, 6) is 0.194. The van der Waals surface area contributed by atoms with Gasteiger partial charge in [0.15, 0.2) is 0 Å². The van der Waals surface area contributed by atoms with Crippen molar-refractivity contribution in [3.8, 4) is 5.75 Å². The molecule has 2 aromatic rings. The SMILES string of the molecule is Cc1ccc(NCc2ccc(O)cn2)cc1C. The summed E-state index contributed by atoms with van der Waals surface area (Å²) in [6, 6.07) is 9.73. The van der Waals surface area contributed by atoms with E-state index in [1.165, 1.54) is 17.3 Å². The Morgan fingerprint density at radius 3 is 2.59 bits per heavy atom. The van der Waals surface area contributed by atoms with Gasteiger partial charge in [-0.3, -0.25) is 4.98 Å². The van der Waals surface area contributed by atoms with Crippen LogP contribution in [0, 0.1) is 13.8 Å². The number of hydrogen-bond acceptors (Lipinski definition) is 3. The van der Waals surface area contributed by atoms with Crippen LogP contribution in [-0.2, 0) is 6.54 Å². The molecule has 0 bridgehead atoms. The molecule has 1 aromatic carbocycles. The average Bonchev–Trinajstić information content (AvgIpc) is 2.33. The number of nitrogens with zero attached hydrogens (tertiary/aromatic N) is 1. The predicted octanol–water partition coefficient (Wildman–Crippen LogP) is 3.02. The van der Waals surface area contributed by atoms with Crippen molar-refractivity contribution in [3.05, 3.63) is 53.3 Å². The van der Waals surface area contributed by atoms with Crippen LogP contribution in [0.2, 0.25) is 0 Å². The number of rotatable bonds is 3. The van der Waals surface area contributed by atoms with Crippen LogP contribution in [-0.4, -0.2) is 10.1 Å². The Bertz CT molecular complexity index is 506. The van der Waals surface area contributed by atoms with Gasteiger partial charge >= 0.3 is 0 Å². The van der Waals surface area contributed by atoms with Gasteiger partial charge in [0.2, 0.25) is 0 Å². The summed E-state index contributed by atoms with van der Waals surface area (Å²) in [6.45, 7) is 4.85. The molecule has 0 spiro atoms. The minimum absolute atomic E-state index is 0.194. The van der Waals surface area contributed by atoms with Crippen molar-refractivity contribution < 1.29 is 5.11 Å². The number of anilines is 1. The van der Waals surface area contributed by atoms with E-state index in [4.69, 9.17) is 5.11 Å². The standard InChI is InChI=1S/C14H16N2O/c1-10-3-4-12(7-11(10)2)15-8-13-5-6-14(17)9-16-13/h3-7,9,15,17H,8H2,1-2H3. The fraction of sp³-hybridized carbons (Fsp3) is 0.214. The van der Waals surface area contributed by atoms with E-state index in [1.807, 2.05) is 6.07 Å².